The van der Waals surface area contributed by atoms with Crippen LogP contribution < -0.4 is 0 Å². The van der Waals surface area contributed by atoms with Gasteiger partial charge in [0.05, 0.1) is 13.2 Å². The van der Waals surface area contributed by atoms with Crippen LogP contribution in [0.1, 0.15) is 108 Å². The van der Waals surface area contributed by atoms with Gasteiger partial charge in [0.1, 0.15) is 13.2 Å². The maximum atomic E-state index is 12.6. The van der Waals surface area contributed by atoms with E-state index in [4.69, 9.17) is 9.47 Å². The van der Waals surface area contributed by atoms with Crippen molar-refractivity contribution in [3.05, 3.63) is 108 Å². The van der Waals surface area contributed by atoms with Crippen molar-refractivity contribution in [1.82, 2.24) is 0 Å². The van der Waals surface area contributed by atoms with E-state index < -0.39 is 24.1 Å². The highest BCUT2D eigenvalue weighted by atomic mass is 16.6. The standard InChI is InChI=1S/C16H16O3.C16H30O2.C10H14O4/c1-19-16(12-17,14-10-6-3-7-11-14)15(18)13-8-4-2-5-9-13;1-4-5-6-7-8-9-10-11-12-13-14-18-16(17)15(2)3;1-7(2)9(11)13-5-6-14-10(12)8(3)4/h2-11,17H,12H2,1H3;2,4-14H2,1,3H3;1,3,5-6H2,2,4H3. The van der Waals surface area contributed by atoms with E-state index in [1.165, 1.54) is 64.9 Å². The molecule has 1 unspecified atom stereocenters. The van der Waals surface area contributed by atoms with Crippen molar-refractivity contribution in [3.63, 3.8) is 0 Å². The third kappa shape index (κ3) is 20.2. The molecule has 0 aliphatic heterocycles. The molecule has 0 spiro atoms. The molecule has 0 aromatic heterocycles. The molecule has 2 aromatic rings. The minimum atomic E-state index is -1.34. The lowest BCUT2D eigenvalue weighted by atomic mass is 9.86. The molecule has 0 bridgehead atoms. The number of hydrogen-bond donors (Lipinski definition) is 1. The zero-order valence-electron chi connectivity index (χ0n) is 31.5. The topological polar surface area (TPSA) is 125 Å². The van der Waals surface area contributed by atoms with Gasteiger partial charge in [0.25, 0.3) is 0 Å². The first-order valence-corrected chi connectivity index (χ1v) is 17.7. The van der Waals surface area contributed by atoms with E-state index in [0.717, 1.165) is 6.42 Å². The van der Waals surface area contributed by atoms with Gasteiger partial charge in [0.2, 0.25) is 5.78 Å². The van der Waals surface area contributed by atoms with Crippen LogP contribution in [0.15, 0.2) is 97.1 Å². The molecule has 2 rings (SSSR count). The van der Waals surface area contributed by atoms with E-state index in [1.54, 1.807) is 57.2 Å². The summed E-state index contributed by atoms with van der Waals surface area (Å²) in [6.07, 6.45) is 13.0. The number of ether oxygens (including phenoxy) is 4. The van der Waals surface area contributed by atoms with Gasteiger partial charge in [0.15, 0.2) is 5.60 Å². The van der Waals surface area contributed by atoms with Crippen molar-refractivity contribution in [2.45, 2.75) is 97.5 Å². The van der Waals surface area contributed by atoms with E-state index in [9.17, 15) is 24.3 Å². The summed E-state index contributed by atoms with van der Waals surface area (Å²) < 4.78 is 19.8. The van der Waals surface area contributed by atoms with Crippen LogP contribution in [0.4, 0.5) is 0 Å². The van der Waals surface area contributed by atoms with Crippen LogP contribution in [-0.4, -0.2) is 62.3 Å². The molecule has 9 nitrogen and oxygen atoms in total. The molecular weight excluding hydrogens is 648 g/mol. The van der Waals surface area contributed by atoms with E-state index in [1.807, 2.05) is 24.3 Å². The molecule has 51 heavy (non-hydrogen) atoms. The molecule has 0 aliphatic carbocycles. The fraction of sp³-hybridized carbons (Fsp3) is 0.476. The second kappa shape index (κ2) is 28.4. The van der Waals surface area contributed by atoms with Gasteiger partial charge in [0, 0.05) is 29.4 Å². The number of ketones is 1. The van der Waals surface area contributed by atoms with E-state index >= 15 is 0 Å². The summed E-state index contributed by atoms with van der Waals surface area (Å²) in [6, 6.07) is 17.9. The van der Waals surface area contributed by atoms with Crippen molar-refractivity contribution in [1.29, 1.82) is 0 Å². The van der Waals surface area contributed by atoms with E-state index in [2.05, 4.69) is 36.1 Å². The van der Waals surface area contributed by atoms with Gasteiger partial charge >= 0.3 is 17.9 Å². The molecule has 9 heteroatoms. The molecule has 0 amide bonds. The van der Waals surface area contributed by atoms with Gasteiger partial charge in [-0.1, -0.05) is 145 Å². The highest BCUT2D eigenvalue weighted by Crippen LogP contribution is 2.29. The number of Topliss-reactive ketones (excluding diaryl/α,β-unsaturated/α-hetero) is 1. The minimum absolute atomic E-state index is 0.0325. The summed E-state index contributed by atoms with van der Waals surface area (Å²) >= 11 is 0. The second-order valence-corrected chi connectivity index (χ2v) is 12.2. The molecule has 1 atom stereocenters. The molecule has 0 aliphatic rings. The first-order valence-electron chi connectivity index (χ1n) is 17.7. The SMILES string of the molecule is C=C(C)C(=O)OCCCCCCCCCCCC.C=C(C)C(=O)OCCOC(=O)C(=C)C.COC(CO)(C(=O)c1ccccc1)c1ccccc1. The van der Waals surface area contributed by atoms with Crippen molar-refractivity contribution in [2.75, 3.05) is 33.5 Å². The predicted molar refractivity (Wildman–Crippen MR) is 202 cm³/mol. The fourth-order valence-corrected chi connectivity index (χ4v) is 4.49. The Morgan fingerprint density at radius 1 is 0.588 bits per heavy atom. The molecular formula is C42H60O9. The summed E-state index contributed by atoms with van der Waals surface area (Å²) in [4.78, 5) is 45.4. The van der Waals surface area contributed by atoms with Gasteiger partial charge in [-0.05, 0) is 32.8 Å². The van der Waals surface area contributed by atoms with Crippen LogP contribution >= 0.6 is 0 Å². The lowest BCUT2D eigenvalue weighted by Crippen LogP contribution is -2.41. The zero-order valence-corrected chi connectivity index (χ0v) is 31.5. The van der Waals surface area contributed by atoms with Crippen LogP contribution in [0.2, 0.25) is 0 Å². The number of esters is 3. The Morgan fingerprint density at radius 2 is 0.961 bits per heavy atom. The third-order valence-corrected chi connectivity index (χ3v) is 7.54. The number of methoxy groups -OCH3 is 1. The summed E-state index contributed by atoms with van der Waals surface area (Å²) in [5, 5.41) is 9.72. The predicted octanol–water partition coefficient (Wildman–Crippen LogP) is 8.66. The first kappa shape index (κ1) is 46.7. The second-order valence-electron chi connectivity index (χ2n) is 12.2. The van der Waals surface area contributed by atoms with Crippen LogP contribution in [0.25, 0.3) is 0 Å². The Hall–Kier alpha value is -4.34. The lowest BCUT2D eigenvalue weighted by Gasteiger charge is -2.29. The maximum absolute atomic E-state index is 12.6. The smallest absolute Gasteiger partial charge is 0.333 e. The molecule has 0 fully saturated rings. The molecule has 0 saturated carbocycles. The van der Waals surface area contributed by atoms with Crippen molar-refractivity contribution in [3.8, 4) is 0 Å². The molecule has 2 aromatic carbocycles. The number of aliphatic hydroxyl groups is 1. The number of carbonyl (C=O) groups excluding carboxylic acids is 4. The minimum Gasteiger partial charge on any atom is -0.462 e. The fourth-order valence-electron chi connectivity index (χ4n) is 4.49. The maximum Gasteiger partial charge on any atom is 0.333 e. The largest absolute Gasteiger partial charge is 0.462 e. The number of rotatable bonds is 22. The van der Waals surface area contributed by atoms with Crippen LogP contribution in [0, 0.1) is 0 Å². The molecule has 0 saturated heterocycles. The number of aliphatic hydroxyl groups excluding tert-OH is 1. The van der Waals surface area contributed by atoms with Gasteiger partial charge in [-0.3, -0.25) is 4.79 Å². The Balaban J connectivity index is 0.000000746. The molecule has 0 heterocycles. The normalized spacial score (nSPS) is 11.3. The Bertz CT molecular complexity index is 1300. The van der Waals surface area contributed by atoms with Crippen molar-refractivity contribution >= 4 is 23.7 Å². The first-order chi connectivity index (χ1) is 24.4. The average molecular weight is 709 g/mol. The third-order valence-electron chi connectivity index (χ3n) is 7.54. The summed E-state index contributed by atoms with van der Waals surface area (Å²) in [5.74, 6) is -1.48. The summed E-state index contributed by atoms with van der Waals surface area (Å²) in [7, 11) is 1.43. The quantitative estimate of drug-likeness (QED) is 0.0421. The zero-order chi connectivity index (χ0) is 38.5. The molecule has 282 valence electrons. The lowest BCUT2D eigenvalue weighted by molar-refractivity contribution is -0.147. The number of hydrogen-bond acceptors (Lipinski definition) is 9. The highest BCUT2D eigenvalue weighted by molar-refractivity contribution is 6.03. The van der Waals surface area contributed by atoms with Crippen LogP contribution in [0.5, 0.6) is 0 Å². The van der Waals surface area contributed by atoms with E-state index in [0.29, 0.717) is 34.5 Å². The highest BCUT2D eigenvalue weighted by Gasteiger charge is 2.40. The number of benzene rings is 2. The van der Waals surface area contributed by atoms with Crippen LogP contribution in [-0.2, 0) is 38.9 Å². The number of carbonyl (C=O) groups is 4. The van der Waals surface area contributed by atoms with Gasteiger partial charge in [-0.15, -0.1) is 0 Å². The average Bonchev–Trinajstić information content (AvgIpc) is 3.14. The Labute approximate surface area is 305 Å². The molecule has 1 N–H and O–H groups in total. The van der Waals surface area contributed by atoms with E-state index in [-0.39, 0.29) is 25.0 Å². The summed E-state index contributed by atoms with van der Waals surface area (Å²) in [5.41, 5.74) is 0.938. The monoisotopic (exact) mass is 708 g/mol. The number of unbranched alkanes of at least 4 members (excludes halogenated alkanes) is 9. The summed E-state index contributed by atoms with van der Waals surface area (Å²) in [6.45, 7) is 17.6. The van der Waals surface area contributed by atoms with Crippen LogP contribution in [0.3, 0.4) is 0 Å². The van der Waals surface area contributed by atoms with Gasteiger partial charge < -0.3 is 24.1 Å². The van der Waals surface area contributed by atoms with Gasteiger partial charge in [-0.2, -0.15) is 0 Å². The Morgan fingerprint density at radius 3 is 1.33 bits per heavy atom. The van der Waals surface area contributed by atoms with Crippen molar-refractivity contribution in [2.24, 2.45) is 0 Å². The van der Waals surface area contributed by atoms with Gasteiger partial charge in [-0.25, -0.2) is 14.4 Å². The molecule has 0 radical (unpaired) electrons. The Kier molecular flexibility index (Phi) is 26.0. The van der Waals surface area contributed by atoms with Crippen molar-refractivity contribution < 1.29 is 43.2 Å².